The first kappa shape index (κ1) is 21.5. The van der Waals surface area contributed by atoms with Gasteiger partial charge in [0.25, 0.3) is 0 Å². The predicted octanol–water partition coefficient (Wildman–Crippen LogP) is 4.62. The number of rotatable bonds is 0. The number of hydrogen-bond donors (Lipinski definition) is 0. The van der Waals surface area contributed by atoms with Crippen molar-refractivity contribution in [1.82, 2.24) is 0 Å². The number of ether oxygens (including phenoxy) is 1. The quantitative estimate of drug-likeness (QED) is 0.341. The van der Waals surface area contributed by atoms with E-state index in [0.717, 1.165) is 12.8 Å². The maximum atomic E-state index is 13.4. The maximum Gasteiger partial charge on any atom is 0.316 e. The summed E-state index contributed by atoms with van der Waals surface area (Å²) in [6.45, 7) is 7.57. The highest BCUT2D eigenvalue weighted by molar-refractivity contribution is 6.08. The van der Waals surface area contributed by atoms with Gasteiger partial charge in [-0.05, 0) is 63.4 Å². The van der Waals surface area contributed by atoms with Crippen LogP contribution >= 0.6 is 0 Å². The van der Waals surface area contributed by atoms with Crippen molar-refractivity contribution in [2.24, 2.45) is 35.5 Å². The van der Waals surface area contributed by atoms with Gasteiger partial charge in [0.1, 0.15) is 17.8 Å². The zero-order chi connectivity index (χ0) is 21.1. The molecule has 0 aromatic heterocycles. The number of allylic oxidation sites excluding steroid dienone is 7. The second-order valence-corrected chi connectivity index (χ2v) is 8.91. The van der Waals surface area contributed by atoms with Crippen LogP contribution in [0.5, 0.6) is 0 Å². The van der Waals surface area contributed by atoms with E-state index in [1.165, 1.54) is 12.5 Å². The number of carbonyl (C=O) groups is 3. The van der Waals surface area contributed by atoms with Gasteiger partial charge in [-0.15, -0.1) is 0 Å². The van der Waals surface area contributed by atoms with Gasteiger partial charge in [0.05, 0.1) is 6.42 Å². The molecule has 3 rings (SSSR count). The third-order valence-electron chi connectivity index (χ3n) is 6.68. The van der Waals surface area contributed by atoms with Crippen LogP contribution in [-0.4, -0.2) is 23.6 Å². The molecule has 29 heavy (non-hydrogen) atoms. The van der Waals surface area contributed by atoms with E-state index in [1.54, 1.807) is 13.0 Å². The molecule has 0 aromatic rings. The predicted molar refractivity (Wildman–Crippen MR) is 113 cm³/mol. The fourth-order valence-electron chi connectivity index (χ4n) is 4.86. The van der Waals surface area contributed by atoms with Crippen LogP contribution < -0.4 is 0 Å². The Bertz CT molecular complexity index is 785. The Hall–Kier alpha value is -2.23. The van der Waals surface area contributed by atoms with Crippen molar-refractivity contribution in [3.8, 4) is 0 Å². The summed E-state index contributed by atoms with van der Waals surface area (Å²) in [6, 6.07) is 0. The van der Waals surface area contributed by atoms with Crippen LogP contribution in [0.4, 0.5) is 0 Å². The largest absolute Gasteiger partial charge is 0.458 e. The molecule has 156 valence electrons. The highest BCUT2D eigenvalue weighted by Gasteiger charge is 2.43. The summed E-state index contributed by atoms with van der Waals surface area (Å²) >= 11 is 0. The first-order valence-electron chi connectivity index (χ1n) is 10.7. The minimum Gasteiger partial charge on any atom is -0.458 e. The summed E-state index contributed by atoms with van der Waals surface area (Å²) < 4.78 is 5.33. The van der Waals surface area contributed by atoms with Gasteiger partial charge < -0.3 is 4.74 Å². The molecular formula is C25H32O4. The minimum atomic E-state index is -0.924. The van der Waals surface area contributed by atoms with Crippen molar-refractivity contribution in [1.29, 1.82) is 0 Å². The van der Waals surface area contributed by atoms with Gasteiger partial charge in [0.15, 0.2) is 5.78 Å². The molecule has 4 nitrogen and oxygen atoms in total. The van der Waals surface area contributed by atoms with Crippen LogP contribution in [0.2, 0.25) is 0 Å². The summed E-state index contributed by atoms with van der Waals surface area (Å²) in [5, 5.41) is 0. The number of esters is 1. The number of fused-ring (bicyclic) bond motifs is 3. The Balaban J connectivity index is 1.96. The Morgan fingerprint density at radius 2 is 1.66 bits per heavy atom. The van der Waals surface area contributed by atoms with Crippen LogP contribution in [0.1, 0.15) is 47.0 Å². The monoisotopic (exact) mass is 396 g/mol. The lowest BCUT2D eigenvalue weighted by atomic mass is 9.61. The average Bonchev–Trinajstić information content (AvgIpc) is 2.68. The first-order valence-corrected chi connectivity index (χ1v) is 10.7. The van der Waals surface area contributed by atoms with Gasteiger partial charge in [-0.1, -0.05) is 49.0 Å². The maximum absolute atomic E-state index is 13.4. The third kappa shape index (κ3) is 4.85. The smallest absolute Gasteiger partial charge is 0.316 e. The van der Waals surface area contributed by atoms with E-state index >= 15 is 0 Å². The van der Waals surface area contributed by atoms with E-state index in [4.69, 9.17) is 4.74 Å². The van der Waals surface area contributed by atoms with Crippen molar-refractivity contribution in [3.63, 3.8) is 0 Å². The molecule has 0 spiro atoms. The van der Waals surface area contributed by atoms with Crippen LogP contribution in [0.3, 0.4) is 0 Å². The van der Waals surface area contributed by atoms with Crippen LogP contribution in [0.15, 0.2) is 48.1 Å². The Morgan fingerprint density at radius 1 is 0.931 bits per heavy atom. The van der Waals surface area contributed by atoms with Gasteiger partial charge in [0.2, 0.25) is 0 Å². The molecule has 0 unspecified atom stereocenters. The standard InChI is InChI=1S/C25H32O4/c1-15-9-11-21-19(13-15)10-12-20-16(2)7-5-6-8-17(3)29-25(28)18(4)22(26)14-23(27)24(20)21/h5-10,12,16-21,24H,11,13-14H2,1-4H3/b7-5-,8-6+/t16-,17+,18+,19-,20+,21-,24-/m0/s1. The van der Waals surface area contributed by atoms with Crippen LogP contribution in [-0.2, 0) is 19.1 Å². The van der Waals surface area contributed by atoms with E-state index in [1.807, 2.05) is 12.2 Å². The Labute approximate surface area is 173 Å². The van der Waals surface area contributed by atoms with Crippen molar-refractivity contribution in [2.75, 3.05) is 0 Å². The summed E-state index contributed by atoms with van der Waals surface area (Å²) in [5.74, 6) is -1.27. The summed E-state index contributed by atoms with van der Waals surface area (Å²) in [6.07, 6.45) is 15.7. The molecule has 4 heteroatoms. The molecule has 3 aliphatic rings. The molecule has 0 radical (unpaired) electrons. The number of cyclic esters (lactones) is 1. The molecule has 0 N–H and O–H groups in total. The molecule has 2 aliphatic carbocycles. The lowest BCUT2D eigenvalue weighted by Gasteiger charge is -2.42. The highest BCUT2D eigenvalue weighted by Crippen LogP contribution is 2.45. The highest BCUT2D eigenvalue weighted by atomic mass is 16.5. The number of ketones is 2. The molecule has 1 heterocycles. The minimum absolute atomic E-state index is 0.0344. The zero-order valence-corrected chi connectivity index (χ0v) is 17.8. The van der Waals surface area contributed by atoms with Crippen LogP contribution in [0.25, 0.3) is 0 Å². The molecule has 0 fully saturated rings. The van der Waals surface area contributed by atoms with E-state index in [9.17, 15) is 14.4 Å². The molecule has 0 saturated heterocycles. The van der Waals surface area contributed by atoms with E-state index in [-0.39, 0.29) is 41.7 Å². The average molecular weight is 397 g/mol. The van der Waals surface area contributed by atoms with Gasteiger partial charge in [-0.3, -0.25) is 14.4 Å². The fourth-order valence-corrected chi connectivity index (χ4v) is 4.86. The summed E-state index contributed by atoms with van der Waals surface area (Å²) in [5.41, 5.74) is 1.36. The molecule has 0 amide bonds. The summed E-state index contributed by atoms with van der Waals surface area (Å²) in [4.78, 5) is 38.3. The normalized spacial score (nSPS) is 40.8. The van der Waals surface area contributed by atoms with Gasteiger partial charge in [-0.2, -0.15) is 0 Å². The molecule has 0 saturated carbocycles. The van der Waals surface area contributed by atoms with E-state index in [0.29, 0.717) is 5.92 Å². The lowest BCUT2D eigenvalue weighted by molar-refractivity contribution is -0.153. The number of hydrogen-bond acceptors (Lipinski definition) is 4. The van der Waals surface area contributed by atoms with Gasteiger partial charge >= 0.3 is 5.97 Å². The van der Waals surface area contributed by atoms with Crippen molar-refractivity contribution in [2.45, 2.75) is 53.1 Å². The second kappa shape index (κ2) is 9.06. The Kier molecular flexibility index (Phi) is 6.71. The van der Waals surface area contributed by atoms with Crippen molar-refractivity contribution in [3.05, 3.63) is 48.1 Å². The fraction of sp³-hybridized carbons (Fsp3) is 0.560. The molecule has 7 atom stereocenters. The van der Waals surface area contributed by atoms with Crippen molar-refractivity contribution < 1.29 is 19.1 Å². The Morgan fingerprint density at radius 3 is 2.41 bits per heavy atom. The van der Waals surface area contributed by atoms with Crippen LogP contribution in [0, 0.1) is 35.5 Å². The number of carbonyl (C=O) groups excluding carboxylic acids is 3. The van der Waals surface area contributed by atoms with E-state index in [2.05, 4.69) is 38.2 Å². The van der Waals surface area contributed by atoms with Gasteiger partial charge in [0, 0.05) is 5.92 Å². The second-order valence-electron chi connectivity index (χ2n) is 8.91. The summed E-state index contributed by atoms with van der Waals surface area (Å²) in [7, 11) is 0. The molecular weight excluding hydrogens is 364 g/mol. The first-order chi connectivity index (χ1) is 13.8. The molecule has 0 aromatic carbocycles. The van der Waals surface area contributed by atoms with E-state index < -0.39 is 18.0 Å². The SMILES string of the molecule is CC1=CC[C@@H]2[C@H]3C(=O)CC(=O)[C@@H](C)C(=O)O[C@H](C)/C=C/C=C\[C@H](C)[C@H]3C=C[C@H]2C1. The third-order valence-corrected chi connectivity index (χ3v) is 6.68. The lowest BCUT2D eigenvalue weighted by Crippen LogP contribution is -2.41. The molecule has 0 bridgehead atoms. The topological polar surface area (TPSA) is 60.4 Å². The number of Topliss-reactive ketones (excluding diaryl/α,β-unsaturated/α-hetero) is 2. The van der Waals surface area contributed by atoms with Crippen molar-refractivity contribution >= 4 is 17.5 Å². The zero-order valence-electron chi connectivity index (χ0n) is 17.8. The molecule has 1 aliphatic heterocycles. The van der Waals surface area contributed by atoms with Gasteiger partial charge in [-0.25, -0.2) is 0 Å².